The lowest BCUT2D eigenvalue weighted by Gasteiger charge is -2.38. The minimum Gasteiger partial charge on any atom is -0.329 e. The maximum Gasteiger partial charge on any atom is 0.101 e. The molecular weight excluding hydrogens is 248 g/mol. The standard InChI is InChI=1S/C13H16N2S2/c1-9-3-6-16-11(9)10-7-17-12(15-10)13(8-14)4-2-5-13/h3,6-7H,2,4-5,8,14H2,1H3. The molecule has 0 radical (unpaired) electrons. The second kappa shape index (κ2) is 4.19. The molecule has 90 valence electrons. The molecule has 0 unspecified atom stereocenters. The molecule has 0 saturated heterocycles. The topological polar surface area (TPSA) is 38.9 Å². The van der Waals surface area contributed by atoms with Crippen molar-refractivity contribution in [2.24, 2.45) is 5.73 Å². The van der Waals surface area contributed by atoms with Gasteiger partial charge in [-0.15, -0.1) is 22.7 Å². The molecule has 1 fully saturated rings. The molecule has 1 aliphatic rings. The van der Waals surface area contributed by atoms with E-state index in [4.69, 9.17) is 10.7 Å². The van der Waals surface area contributed by atoms with Gasteiger partial charge in [0.15, 0.2) is 0 Å². The van der Waals surface area contributed by atoms with Gasteiger partial charge in [-0.2, -0.15) is 0 Å². The summed E-state index contributed by atoms with van der Waals surface area (Å²) in [5, 5.41) is 5.56. The summed E-state index contributed by atoms with van der Waals surface area (Å²) in [4.78, 5) is 6.13. The third-order valence-corrected chi connectivity index (χ3v) is 5.88. The van der Waals surface area contributed by atoms with Crippen molar-refractivity contribution in [2.75, 3.05) is 6.54 Å². The normalized spacial score (nSPS) is 18.0. The van der Waals surface area contributed by atoms with E-state index in [1.165, 1.54) is 34.7 Å². The summed E-state index contributed by atoms with van der Waals surface area (Å²) in [6.45, 7) is 2.89. The van der Waals surface area contributed by atoms with E-state index in [9.17, 15) is 0 Å². The average Bonchev–Trinajstić information content (AvgIpc) is 2.86. The van der Waals surface area contributed by atoms with Gasteiger partial charge < -0.3 is 5.73 Å². The lowest BCUT2D eigenvalue weighted by molar-refractivity contribution is 0.252. The Balaban J connectivity index is 1.96. The van der Waals surface area contributed by atoms with Gasteiger partial charge in [-0.1, -0.05) is 6.42 Å². The maximum atomic E-state index is 5.93. The number of thiophene rings is 1. The summed E-state index contributed by atoms with van der Waals surface area (Å²) in [5.74, 6) is 0. The Kier molecular flexibility index (Phi) is 2.81. The van der Waals surface area contributed by atoms with Crippen molar-refractivity contribution in [2.45, 2.75) is 31.6 Å². The molecule has 0 aromatic carbocycles. The van der Waals surface area contributed by atoms with Crippen molar-refractivity contribution in [3.05, 3.63) is 27.4 Å². The Morgan fingerprint density at radius 2 is 2.24 bits per heavy atom. The summed E-state index contributed by atoms with van der Waals surface area (Å²) in [5.41, 5.74) is 8.59. The highest BCUT2D eigenvalue weighted by molar-refractivity contribution is 7.14. The summed E-state index contributed by atoms with van der Waals surface area (Å²) >= 11 is 3.55. The zero-order valence-electron chi connectivity index (χ0n) is 9.90. The number of hydrogen-bond donors (Lipinski definition) is 1. The monoisotopic (exact) mass is 264 g/mol. The van der Waals surface area contributed by atoms with Gasteiger partial charge in [0.1, 0.15) is 5.01 Å². The fourth-order valence-corrected chi connectivity index (χ4v) is 4.41. The lowest BCUT2D eigenvalue weighted by atomic mass is 9.69. The lowest BCUT2D eigenvalue weighted by Crippen LogP contribution is -2.41. The average molecular weight is 264 g/mol. The molecule has 1 aliphatic carbocycles. The number of hydrogen-bond acceptors (Lipinski definition) is 4. The summed E-state index contributed by atoms with van der Waals surface area (Å²) in [7, 11) is 0. The Bertz CT molecular complexity index is 518. The Hall–Kier alpha value is -0.710. The number of thiazole rings is 1. The molecular formula is C13H16N2S2. The van der Waals surface area contributed by atoms with E-state index in [0.717, 1.165) is 12.2 Å². The van der Waals surface area contributed by atoms with E-state index in [0.29, 0.717) is 0 Å². The van der Waals surface area contributed by atoms with Crippen molar-refractivity contribution < 1.29 is 0 Å². The van der Waals surface area contributed by atoms with Crippen molar-refractivity contribution in [1.29, 1.82) is 0 Å². The first-order valence-corrected chi connectivity index (χ1v) is 7.72. The van der Waals surface area contributed by atoms with Gasteiger partial charge in [-0.05, 0) is 36.8 Å². The van der Waals surface area contributed by atoms with Crippen LogP contribution in [0, 0.1) is 6.92 Å². The molecule has 0 atom stereocenters. The first-order chi connectivity index (χ1) is 8.25. The van der Waals surface area contributed by atoms with Gasteiger partial charge >= 0.3 is 0 Å². The van der Waals surface area contributed by atoms with Crippen LogP contribution in [0.5, 0.6) is 0 Å². The number of aryl methyl sites for hydroxylation is 1. The van der Waals surface area contributed by atoms with E-state index >= 15 is 0 Å². The van der Waals surface area contributed by atoms with Gasteiger partial charge in [-0.25, -0.2) is 4.98 Å². The Morgan fingerprint density at radius 1 is 1.41 bits per heavy atom. The molecule has 3 rings (SSSR count). The molecule has 1 saturated carbocycles. The number of rotatable bonds is 3. The Morgan fingerprint density at radius 3 is 2.76 bits per heavy atom. The van der Waals surface area contributed by atoms with Gasteiger partial charge in [0.05, 0.1) is 10.6 Å². The fourth-order valence-electron chi connectivity index (χ4n) is 2.37. The van der Waals surface area contributed by atoms with Gasteiger partial charge in [0, 0.05) is 17.3 Å². The molecule has 0 amide bonds. The molecule has 0 bridgehead atoms. The second-order valence-corrected chi connectivity index (χ2v) is 6.58. The highest BCUT2D eigenvalue weighted by atomic mass is 32.1. The summed E-state index contributed by atoms with van der Waals surface area (Å²) in [6.07, 6.45) is 3.71. The summed E-state index contributed by atoms with van der Waals surface area (Å²) < 4.78 is 0. The molecule has 17 heavy (non-hydrogen) atoms. The molecule has 0 spiro atoms. The van der Waals surface area contributed by atoms with Crippen molar-refractivity contribution in [3.8, 4) is 10.6 Å². The summed E-state index contributed by atoms with van der Waals surface area (Å²) in [6, 6.07) is 2.15. The first-order valence-electron chi connectivity index (χ1n) is 5.96. The predicted octanol–water partition coefficient (Wildman–Crippen LogP) is 3.56. The van der Waals surface area contributed by atoms with Crippen LogP contribution >= 0.6 is 22.7 Å². The molecule has 2 aromatic rings. The molecule has 2 aromatic heterocycles. The van der Waals surface area contributed by atoms with Crippen molar-refractivity contribution in [3.63, 3.8) is 0 Å². The quantitative estimate of drug-likeness (QED) is 0.920. The predicted molar refractivity (Wildman–Crippen MR) is 74.7 cm³/mol. The number of nitrogens with two attached hydrogens (primary N) is 1. The maximum absolute atomic E-state index is 5.93. The zero-order chi connectivity index (χ0) is 11.9. The van der Waals surface area contributed by atoms with Crippen LogP contribution < -0.4 is 5.73 Å². The van der Waals surface area contributed by atoms with Crippen LogP contribution in [0.3, 0.4) is 0 Å². The van der Waals surface area contributed by atoms with E-state index in [1.807, 2.05) is 0 Å². The van der Waals surface area contributed by atoms with Crippen LogP contribution in [0.15, 0.2) is 16.8 Å². The minimum absolute atomic E-state index is 0.202. The third-order valence-electron chi connectivity index (χ3n) is 3.75. The van der Waals surface area contributed by atoms with Gasteiger partial charge in [-0.3, -0.25) is 0 Å². The van der Waals surface area contributed by atoms with E-state index in [-0.39, 0.29) is 5.41 Å². The van der Waals surface area contributed by atoms with Crippen LogP contribution in [0.25, 0.3) is 10.6 Å². The molecule has 4 heteroatoms. The van der Waals surface area contributed by atoms with Crippen LogP contribution in [0.4, 0.5) is 0 Å². The van der Waals surface area contributed by atoms with Crippen molar-refractivity contribution in [1.82, 2.24) is 4.98 Å². The minimum atomic E-state index is 0.202. The molecule has 2 nitrogen and oxygen atoms in total. The van der Waals surface area contributed by atoms with E-state index < -0.39 is 0 Å². The van der Waals surface area contributed by atoms with Gasteiger partial charge in [0.25, 0.3) is 0 Å². The SMILES string of the molecule is Cc1ccsc1-c1csc(C2(CN)CCC2)n1. The molecule has 2 heterocycles. The zero-order valence-corrected chi connectivity index (χ0v) is 11.5. The molecule has 0 aliphatic heterocycles. The second-order valence-electron chi connectivity index (χ2n) is 4.81. The van der Waals surface area contributed by atoms with Crippen LogP contribution in [-0.2, 0) is 5.41 Å². The van der Waals surface area contributed by atoms with Crippen LogP contribution in [0.1, 0.15) is 29.8 Å². The largest absolute Gasteiger partial charge is 0.329 e. The number of nitrogens with zero attached hydrogens (tertiary/aromatic N) is 1. The fraction of sp³-hybridized carbons (Fsp3) is 0.462. The smallest absolute Gasteiger partial charge is 0.101 e. The first kappa shape index (κ1) is 11.4. The van der Waals surface area contributed by atoms with Gasteiger partial charge in [0.2, 0.25) is 0 Å². The Labute approximate surface area is 110 Å². The third kappa shape index (κ3) is 1.75. The highest BCUT2D eigenvalue weighted by Crippen LogP contribution is 2.45. The number of aromatic nitrogens is 1. The van der Waals surface area contributed by atoms with Crippen LogP contribution in [0.2, 0.25) is 0 Å². The molecule has 2 N–H and O–H groups in total. The van der Waals surface area contributed by atoms with Crippen molar-refractivity contribution >= 4 is 22.7 Å². The van der Waals surface area contributed by atoms with E-state index in [1.54, 1.807) is 22.7 Å². The highest BCUT2D eigenvalue weighted by Gasteiger charge is 2.40. The van der Waals surface area contributed by atoms with Crippen LogP contribution in [-0.4, -0.2) is 11.5 Å². The van der Waals surface area contributed by atoms with E-state index in [2.05, 4.69) is 23.8 Å².